The van der Waals surface area contributed by atoms with Crippen LogP contribution in [0, 0.1) is 5.82 Å². The number of nitrogens with zero attached hydrogens (tertiary/aromatic N) is 1. The summed E-state index contributed by atoms with van der Waals surface area (Å²) in [4.78, 5) is 16.2. The molecule has 2 aromatic carbocycles. The fraction of sp³-hybridized carbons (Fsp3) is 0.158. The van der Waals surface area contributed by atoms with Crippen molar-refractivity contribution in [3.05, 3.63) is 70.6 Å². The van der Waals surface area contributed by atoms with Crippen LogP contribution in [0.5, 0.6) is 5.75 Å². The summed E-state index contributed by atoms with van der Waals surface area (Å²) in [6, 6.07) is 10.1. The fourth-order valence-corrected chi connectivity index (χ4v) is 2.96. The molecule has 0 aliphatic rings. The largest absolute Gasteiger partial charge is 0.505 e. The van der Waals surface area contributed by atoms with Crippen LogP contribution in [0.25, 0.3) is 10.9 Å². The van der Waals surface area contributed by atoms with Crippen molar-refractivity contribution in [3.63, 3.8) is 0 Å². The number of pyridine rings is 1. The van der Waals surface area contributed by atoms with Crippen molar-refractivity contribution in [1.29, 1.82) is 0 Å². The average molecular weight is 359 g/mol. The Hall–Kier alpha value is -2.66. The molecule has 2 N–H and O–H groups in total. The Labute approximate surface area is 149 Å². The van der Waals surface area contributed by atoms with Gasteiger partial charge < -0.3 is 10.4 Å². The molecule has 1 aromatic heterocycles. The molecule has 3 rings (SSSR count). The van der Waals surface area contributed by atoms with E-state index in [9.17, 15) is 14.3 Å². The molecule has 0 aliphatic carbocycles. The van der Waals surface area contributed by atoms with Crippen molar-refractivity contribution < 1.29 is 14.3 Å². The van der Waals surface area contributed by atoms with Gasteiger partial charge in [-0.05, 0) is 35.9 Å². The second-order valence-corrected chi connectivity index (χ2v) is 6.01. The van der Waals surface area contributed by atoms with Crippen molar-refractivity contribution in [2.45, 2.75) is 19.4 Å². The lowest BCUT2D eigenvalue weighted by atomic mass is 9.96. The first-order chi connectivity index (χ1) is 12.0. The zero-order valence-corrected chi connectivity index (χ0v) is 14.2. The lowest BCUT2D eigenvalue weighted by Crippen LogP contribution is -2.28. The third kappa shape index (κ3) is 3.42. The Morgan fingerprint density at radius 3 is 2.72 bits per heavy atom. The topological polar surface area (TPSA) is 62.2 Å². The summed E-state index contributed by atoms with van der Waals surface area (Å²) in [6.45, 7) is 1.73. The number of carbonyl (C=O) groups is 1. The SMILES string of the molecule is CCC(=O)NC(c1ccc(F)cc1)c1cc(Cl)c2cccnc2c1O. The van der Waals surface area contributed by atoms with Crippen LogP contribution in [-0.2, 0) is 4.79 Å². The Balaban J connectivity index is 2.18. The highest BCUT2D eigenvalue weighted by Crippen LogP contribution is 2.38. The summed E-state index contributed by atoms with van der Waals surface area (Å²) in [7, 11) is 0. The zero-order valence-electron chi connectivity index (χ0n) is 13.5. The van der Waals surface area contributed by atoms with Crippen molar-refractivity contribution in [2.75, 3.05) is 0 Å². The van der Waals surface area contributed by atoms with Crippen LogP contribution in [0.15, 0.2) is 48.7 Å². The number of aromatic nitrogens is 1. The van der Waals surface area contributed by atoms with Gasteiger partial charge in [0.2, 0.25) is 5.91 Å². The van der Waals surface area contributed by atoms with Gasteiger partial charge in [0, 0.05) is 23.6 Å². The smallest absolute Gasteiger partial charge is 0.220 e. The normalized spacial score (nSPS) is 12.1. The van der Waals surface area contributed by atoms with Crippen LogP contribution >= 0.6 is 11.6 Å². The van der Waals surface area contributed by atoms with Crippen LogP contribution in [0.3, 0.4) is 0 Å². The van der Waals surface area contributed by atoms with Gasteiger partial charge in [-0.15, -0.1) is 0 Å². The van der Waals surface area contributed by atoms with Crippen LogP contribution in [0.4, 0.5) is 4.39 Å². The summed E-state index contributed by atoms with van der Waals surface area (Å²) < 4.78 is 13.3. The number of halogens is 2. The molecule has 0 aliphatic heterocycles. The van der Waals surface area contributed by atoms with Crippen molar-refractivity contribution >= 4 is 28.4 Å². The maximum atomic E-state index is 13.3. The number of hydrogen-bond acceptors (Lipinski definition) is 3. The van der Waals surface area contributed by atoms with Gasteiger partial charge in [-0.25, -0.2) is 4.39 Å². The molecule has 0 bridgehead atoms. The number of phenols is 1. The fourth-order valence-electron chi connectivity index (χ4n) is 2.69. The number of carbonyl (C=O) groups excluding carboxylic acids is 1. The second kappa shape index (κ2) is 7.07. The van der Waals surface area contributed by atoms with E-state index in [2.05, 4.69) is 10.3 Å². The van der Waals surface area contributed by atoms with Gasteiger partial charge in [0.1, 0.15) is 17.1 Å². The Bertz CT molecular complexity index is 929. The minimum Gasteiger partial charge on any atom is -0.505 e. The number of aromatic hydroxyl groups is 1. The third-order valence-corrected chi connectivity index (χ3v) is 4.30. The van der Waals surface area contributed by atoms with E-state index >= 15 is 0 Å². The highest BCUT2D eigenvalue weighted by molar-refractivity contribution is 6.35. The third-order valence-electron chi connectivity index (χ3n) is 3.99. The van der Waals surface area contributed by atoms with Gasteiger partial charge in [-0.1, -0.05) is 30.7 Å². The summed E-state index contributed by atoms with van der Waals surface area (Å²) >= 11 is 6.34. The van der Waals surface area contributed by atoms with E-state index in [1.807, 2.05) is 0 Å². The summed E-state index contributed by atoms with van der Waals surface area (Å²) in [5.74, 6) is -0.650. The first-order valence-electron chi connectivity index (χ1n) is 7.82. The molecule has 1 amide bonds. The quantitative estimate of drug-likeness (QED) is 0.729. The van der Waals surface area contributed by atoms with Crippen molar-refractivity contribution in [3.8, 4) is 5.75 Å². The van der Waals surface area contributed by atoms with Crippen LogP contribution in [-0.4, -0.2) is 16.0 Å². The maximum absolute atomic E-state index is 13.3. The monoisotopic (exact) mass is 358 g/mol. The van der Waals surface area contributed by atoms with Crippen LogP contribution in [0.2, 0.25) is 5.02 Å². The molecule has 0 fully saturated rings. The van der Waals surface area contributed by atoms with E-state index in [1.54, 1.807) is 43.5 Å². The molecule has 1 atom stereocenters. The minimum absolute atomic E-state index is 0.0641. The van der Waals surface area contributed by atoms with Gasteiger partial charge in [0.15, 0.2) is 0 Å². The molecule has 1 heterocycles. The highest BCUT2D eigenvalue weighted by atomic mass is 35.5. The van der Waals surface area contributed by atoms with Crippen molar-refractivity contribution in [2.24, 2.45) is 0 Å². The zero-order chi connectivity index (χ0) is 18.0. The summed E-state index contributed by atoms with van der Waals surface area (Å²) in [5.41, 5.74) is 1.39. The molecular formula is C19H16ClFN2O2. The Morgan fingerprint density at radius 1 is 1.32 bits per heavy atom. The number of hydrogen-bond donors (Lipinski definition) is 2. The van der Waals surface area contributed by atoms with E-state index in [4.69, 9.17) is 11.6 Å². The van der Waals surface area contributed by atoms with Gasteiger partial charge in [-0.2, -0.15) is 0 Å². The Kier molecular flexibility index (Phi) is 4.86. The van der Waals surface area contributed by atoms with Gasteiger partial charge >= 0.3 is 0 Å². The molecule has 25 heavy (non-hydrogen) atoms. The lowest BCUT2D eigenvalue weighted by molar-refractivity contribution is -0.121. The van der Waals surface area contributed by atoms with E-state index < -0.39 is 6.04 Å². The second-order valence-electron chi connectivity index (χ2n) is 5.60. The molecule has 3 aromatic rings. The van der Waals surface area contributed by atoms with E-state index in [-0.39, 0.29) is 23.9 Å². The average Bonchev–Trinajstić information content (AvgIpc) is 2.63. The molecule has 0 spiro atoms. The van der Waals surface area contributed by atoms with E-state index in [0.29, 0.717) is 27.1 Å². The van der Waals surface area contributed by atoms with E-state index in [1.165, 1.54) is 12.1 Å². The number of fused-ring (bicyclic) bond motifs is 1. The maximum Gasteiger partial charge on any atom is 0.220 e. The first-order valence-corrected chi connectivity index (χ1v) is 8.20. The molecule has 1 unspecified atom stereocenters. The highest BCUT2D eigenvalue weighted by Gasteiger charge is 2.23. The molecule has 0 saturated carbocycles. The number of nitrogens with one attached hydrogen (secondary N) is 1. The van der Waals surface area contributed by atoms with Crippen LogP contribution < -0.4 is 5.32 Å². The summed E-state index contributed by atoms with van der Waals surface area (Å²) in [5, 5.41) is 14.6. The number of phenolic OH excluding ortho intramolecular Hbond substituents is 1. The van der Waals surface area contributed by atoms with Gasteiger partial charge in [0.05, 0.1) is 11.1 Å². The molecule has 6 heteroatoms. The number of benzene rings is 2. The molecule has 0 radical (unpaired) electrons. The number of rotatable bonds is 4. The Morgan fingerprint density at radius 2 is 2.04 bits per heavy atom. The van der Waals surface area contributed by atoms with Gasteiger partial charge in [-0.3, -0.25) is 9.78 Å². The van der Waals surface area contributed by atoms with Gasteiger partial charge in [0.25, 0.3) is 0 Å². The molecule has 4 nitrogen and oxygen atoms in total. The molecular weight excluding hydrogens is 343 g/mol. The molecule has 0 saturated heterocycles. The first kappa shape index (κ1) is 17.2. The van der Waals surface area contributed by atoms with E-state index in [0.717, 1.165) is 0 Å². The van der Waals surface area contributed by atoms with Crippen LogP contribution in [0.1, 0.15) is 30.5 Å². The minimum atomic E-state index is -0.669. The summed E-state index contributed by atoms with van der Waals surface area (Å²) in [6.07, 6.45) is 1.83. The molecule has 128 valence electrons. The standard InChI is InChI=1S/C19H16ClFN2O2/c1-2-16(24)23-17(11-5-7-12(21)8-6-11)14-10-15(20)13-4-3-9-22-18(13)19(14)25/h3-10,17,25H,2H2,1H3,(H,23,24). The number of amides is 1. The predicted octanol–water partition coefficient (Wildman–Crippen LogP) is 4.35. The van der Waals surface area contributed by atoms with Crippen molar-refractivity contribution in [1.82, 2.24) is 10.3 Å². The predicted molar refractivity (Wildman–Crippen MR) is 95.1 cm³/mol. The lowest BCUT2D eigenvalue weighted by Gasteiger charge is -2.21.